The Morgan fingerprint density at radius 2 is 1.67 bits per heavy atom. The lowest BCUT2D eigenvalue weighted by atomic mass is 9.85. The first-order valence-corrected chi connectivity index (χ1v) is 6.94. The molecule has 106 valence electrons. The number of pyridine rings is 1. The van der Waals surface area contributed by atoms with Crippen molar-refractivity contribution < 1.29 is 14.4 Å². The Morgan fingerprint density at radius 3 is 2.24 bits per heavy atom. The van der Waals surface area contributed by atoms with Crippen molar-refractivity contribution in [1.82, 2.24) is 15.4 Å². The number of carbonyl (C=O) groups excluding carboxylic acids is 3. The van der Waals surface area contributed by atoms with E-state index in [-0.39, 0.29) is 35.5 Å². The van der Waals surface area contributed by atoms with Crippen LogP contribution in [0.1, 0.15) is 16.8 Å². The molecule has 1 aromatic rings. The quantitative estimate of drug-likeness (QED) is 0.634. The summed E-state index contributed by atoms with van der Waals surface area (Å²) >= 11 is 0. The Morgan fingerprint density at radius 1 is 1.10 bits per heavy atom. The molecule has 1 saturated heterocycles. The number of carbonyl (C=O) groups is 3. The third-order valence-electron chi connectivity index (χ3n) is 4.63. The molecule has 0 unspecified atom stereocenters. The van der Waals surface area contributed by atoms with Crippen molar-refractivity contribution in [2.45, 2.75) is 6.42 Å². The summed E-state index contributed by atoms with van der Waals surface area (Å²) in [4.78, 5) is 40.7. The number of allylic oxidation sites excluding steroid dienone is 2. The van der Waals surface area contributed by atoms with Crippen molar-refractivity contribution in [3.8, 4) is 0 Å². The van der Waals surface area contributed by atoms with Gasteiger partial charge in [-0.3, -0.25) is 24.8 Å². The van der Waals surface area contributed by atoms with E-state index < -0.39 is 5.91 Å². The molecule has 3 aliphatic rings. The van der Waals surface area contributed by atoms with E-state index in [4.69, 9.17) is 0 Å². The molecule has 1 aliphatic heterocycles. The van der Waals surface area contributed by atoms with Crippen LogP contribution in [0.25, 0.3) is 0 Å². The second-order valence-corrected chi connectivity index (χ2v) is 5.69. The average molecular weight is 283 g/mol. The maximum absolute atomic E-state index is 12.4. The molecule has 0 radical (unpaired) electrons. The molecule has 4 rings (SSSR count). The Bertz CT molecular complexity index is 640. The summed E-state index contributed by atoms with van der Waals surface area (Å²) in [5.41, 5.74) is 2.80. The number of aromatic nitrogens is 1. The zero-order chi connectivity index (χ0) is 14.6. The van der Waals surface area contributed by atoms with Crippen molar-refractivity contribution >= 4 is 17.7 Å². The molecule has 21 heavy (non-hydrogen) atoms. The SMILES string of the molecule is O=C(NN1C(=O)[C@@H]2[C@H](C1=O)[C@@H]1C=C[C@@H]2C1)c1ccncc1. The fourth-order valence-corrected chi connectivity index (χ4v) is 3.68. The molecule has 2 aliphatic carbocycles. The highest BCUT2D eigenvalue weighted by Gasteiger charge is 2.59. The number of hydrogen-bond donors (Lipinski definition) is 1. The minimum atomic E-state index is -0.473. The molecule has 2 heterocycles. The molecule has 6 heteroatoms. The second-order valence-electron chi connectivity index (χ2n) is 5.69. The van der Waals surface area contributed by atoms with Crippen molar-refractivity contribution in [1.29, 1.82) is 0 Å². The van der Waals surface area contributed by atoms with E-state index in [1.54, 1.807) is 0 Å². The molecular weight excluding hydrogens is 270 g/mol. The third kappa shape index (κ3) is 1.65. The van der Waals surface area contributed by atoms with Gasteiger partial charge in [-0.2, -0.15) is 5.01 Å². The number of hydrazine groups is 1. The van der Waals surface area contributed by atoms with Crippen LogP contribution in [-0.2, 0) is 9.59 Å². The Balaban J connectivity index is 1.56. The molecular formula is C15H13N3O3. The van der Waals surface area contributed by atoms with Crippen LogP contribution in [0.15, 0.2) is 36.7 Å². The maximum Gasteiger partial charge on any atom is 0.270 e. The summed E-state index contributed by atoms with van der Waals surface area (Å²) in [6, 6.07) is 3.07. The van der Waals surface area contributed by atoms with Gasteiger partial charge in [-0.15, -0.1) is 0 Å². The molecule has 1 aromatic heterocycles. The molecule has 6 nitrogen and oxygen atoms in total. The first-order chi connectivity index (χ1) is 10.2. The van der Waals surface area contributed by atoms with E-state index in [9.17, 15) is 14.4 Å². The zero-order valence-electron chi connectivity index (χ0n) is 11.1. The maximum atomic E-state index is 12.4. The minimum Gasteiger partial charge on any atom is -0.272 e. The molecule has 0 aromatic carbocycles. The zero-order valence-corrected chi connectivity index (χ0v) is 11.1. The van der Waals surface area contributed by atoms with E-state index in [0.29, 0.717) is 5.56 Å². The molecule has 0 spiro atoms. The monoisotopic (exact) mass is 283 g/mol. The summed E-state index contributed by atoms with van der Waals surface area (Å²) in [5, 5.41) is 0.907. The van der Waals surface area contributed by atoms with Gasteiger partial charge in [0.2, 0.25) is 0 Å². The van der Waals surface area contributed by atoms with Gasteiger partial charge in [0, 0.05) is 18.0 Å². The predicted molar refractivity (Wildman–Crippen MR) is 71.3 cm³/mol. The number of imide groups is 1. The van der Waals surface area contributed by atoms with Gasteiger partial charge in [0.05, 0.1) is 11.8 Å². The highest BCUT2D eigenvalue weighted by molar-refractivity contribution is 6.08. The largest absolute Gasteiger partial charge is 0.272 e. The van der Waals surface area contributed by atoms with Crippen LogP contribution in [0.5, 0.6) is 0 Å². The Kier molecular flexibility index (Phi) is 2.48. The lowest BCUT2D eigenvalue weighted by Crippen LogP contribution is -2.47. The normalized spacial score (nSPS) is 32.7. The smallest absolute Gasteiger partial charge is 0.270 e. The fraction of sp³-hybridized carbons (Fsp3) is 0.333. The van der Waals surface area contributed by atoms with Crippen LogP contribution in [-0.4, -0.2) is 27.7 Å². The van der Waals surface area contributed by atoms with Crippen molar-refractivity contribution in [2.75, 3.05) is 0 Å². The van der Waals surface area contributed by atoms with Crippen molar-refractivity contribution in [2.24, 2.45) is 23.7 Å². The van der Waals surface area contributed by atoms with Crippen molar-refractivity contribution in [3.05, 3.63) is 42.2 Å². The molecule has 4 atom stereocenters. The van der Waals surface area contributed by atoms with Crippen LogP contribution < -0.4 is 5.43 Å². The first kappa shape index (κ1) is 12.3. The number of nitrogens with zero attached hydrogens (tertiary/aromatic N) is 2. The Hall–Kier alpha value is -2.50. The van der Waals surface area contributed by atoms with Gasteiger partial charge in [-0.05, 0) is 30.4 Å². The lowest BCUT2D eigenvalue weighted by Gasteiger charge is -2.17. The summed E-state index contributed by atoms with van der Waals surface area (Å²) in [7, 11) is 0. The van der Waals surface area contributed by atoms with Gasteiger partial charge in [0.25, 0.3) is 17.7 Å². The van der Waals surface area contributed by atoms with Crippen LogP contribution in [0.4, 0.5) is 0 Å². The summed E-state index contributed by atoms with van der Waals surface area (Å²) < 4.78 is 0. The van der Waals surface area contributed by atoms with E-state index in [1.165, 1.54) is 24.5 Å². The van der Waals surface area contributed by atoms with Gasteiger partial charge >= 0.3 is 0 Å². The van der Waals surface area contributed by atoms with Crippen LogP contribution in [0.3, 0.4) is 0 Å². The first-order valence-electron chi connectivity index (χ1n) is 6.94. The van der Waals surface area contributed by atoms with Crippen LogP contribution >= 0.6 is 0 Å². The topological polar surface area (TPSA) is 79.4 Å². The molecule has 1 saturated carbocycles. The van der Waals surface area contributed by atoms with Gasteiger partial charge in [-0.25, -0.2) is 0 Å². The summed E-state index contributed by atoms with van der Waals surface area (Å²) in [5.74, 6) is -1.37. The van der Waals surface area contributed by atoms with Gasteiger partial charge in [0.1, 0.15) is 0 Å². The van der Waals surface area contributed by atoms with Crippen LogP contribution in [0.2, 0.25) is 0 Å². The molecule has 3 amide bonds. The molecule has 1 N–H and O–H groups in total. The highest BCUT2D eigenvalue weighted by atomic mass is 16.2. The highest BCUT2D eigenvalue weighted by Crippen LogP contribution is 2.52. The molecule has 2 bridgehead atoms. The number of rotatable bonds is 2. The van der Waals surface area contributed by atoms with E-state index in [2.05, 4.69) is 10.4 Å². The van der Waals surface area contributed by atoms with Gasteiger partial charge in [0.15, 0.2) is 0 Å². The summed E-state index contributed by atoms with van der Waals surface area (Å²) in [6.07, 6.45) is 7.89. The van der Waals surface area contributed by atoms with Crippen LogP contribution in [0, 0.1) is 23.7 Å². The second kappa shape index (κ2) is 4.25. The average Bonchev–Trinajstić information content (AvgIpc) is 3.18. The van der Waals surface area contributed by atoms with E-state index in [0.717, 1.165) is 11.4 Å². The number of nitrogens with one attached hydrogen (secondary N) is 1. The van der Waals surface area contributed by atoms with Gasteiger partial charge < -0.3 is 0 Å². The minimum absolute atomic E-state index is 0.138. The van der Waals surface area contributed by atoms with E-state index in [1.807, 2.05) is 12.2 Å². The Labute approximate surface area is 120 Å². The summed E-state index contributed by atoms with van der Waals surface area (Å²) in [6.45, 7) is 0. The van der Waals surface area contributed by atoms with Gasteiger partial charge in [-0.1, -0.05) is 12.2 Å². The third-order valence-corrected chi connectivity index (χ3v) is 4.63. The van der Waals surface area contributed by atoms with Crippen molar-refractivity contribution in [3.63, 3.8) is 0 Å². The predicted octanol–water partition coefficient (Wildman–Crippen LogP) is 0.533. The lowest BCUT2D eigenvalue weighted by molar-refractivity contribution is -0.143. The standard InChI is InChI=1S/C15H13N3O3/c19-13(8-3-5-16-6-4-8)17-18-14(20)11-9-1-2-10(7-9)12(11)15(18)21/h1-6,9-12H,7H2,(H,17,19)/t9-,10-,11-,12+/m1/s1. The number of hydrogen-bond acceptors (Lipinski definition) is 4. The van der Waals surface area contributed by atoms with E-state index >= 15 is 0 Å². The number of amides is 3. The fourth-order valence-electron chi connectivity index (χ4n) is 3.68. The number of fused-ring (bicyclic) bond motifs is 5. The molecule has 2 fully saturated rings.